The first-order valence-corrected chi connectivity index (χ1v) is 6.98. The van der Waals surface area contributed by atoms with Crippen LogP contribution in [0, 0.1) is 6.92 Å². The molecule has 0 spiro atoms. The molecule has 1 aliphatic carbocycles. The smallest absolute Gasteiger partial charge is 0.207 e. The lowest BCUT2D eigenvalue weighted by Crippen LogP contribution is -2.25. The highest BCUT2D eigenvalue weighted by atomic mass is 35.5. The van der Waals surface area contributed by atoms with Crippen molar-refractivity contribution in [3.05, 3.63) is 34.9 Å². The van der Waals surface area contributed by atoms with Crippen LogP contribution in [0.4, 0.5) is 0 Å². The zero-order chi connectivity index (χ0) is 12.5. The summed E-state index contributed by atoms with van der Waals surface area (Å²) >= 11 is 6.15. The summed E-state index contributed by atoms with van der Waals surface area (Å²) in [7, 11) is 0. The van der Waals surface area contributed by atoms with E-state index >= 15 is 0 Å². The zero-order valence-corrected chi connectivity index (χ0v) is 11.4. The first kappa shape index (κ1) is 12.0. The van der Waals surface area contributed by atoms with E-state index in [4.69, 9.17) is 11.6 Å². The summed E-state index contributed by atoms with van der Waals surface area (Å²) < 4.78 is 1.94. The largest absolute Gasteiger partial charge is 0.308 e. The third kappa shape index (κ3) is 2.25. The average Bonchev–Trinajstić information content (AvgIpc) is 2.95. The molecule has 0 unspecified atom stereocenters. The van der Waals surface area contributed by atoms with E-state index in [2.05, 4.69) is 29.4 Å². The van der Waals surface area contributed by atoms with Gasteiger partial charge in [0.15, 0.2) is 0 Å². The van der Waals surface area contributed by atoms with Gasteiger partial charge in [0.05, 0.1) is 11.2 Å². The van der Waals surface area contributed by atoms with E-state index in [1.54, 1.807) is 0 Å². The molecule has 96 valence electrons. The Morgan fingerprint density at radius 3 is 3.00 bits per heavy atom. The lowest BCUT2D eigenvalue weighted by Gasteiger charge is -2.10. The number of aryl methyl sites for hydroxylation is 1. The molecule has 0 aliphatic heterocycles. The first-order valence-electron chi connectivity index (χ1n) is 6.60. The lowest BCUT2D eigenvalue weighted by molar-refractivity contribution is 0.521. The van der Waals surface area contributed by atoms with Crippen LogP contribution in [-0.4, -0.2) is 15.4 Å². The highest BCUT2D eigenvalue weighted by molar-refractivity contribution is 6.28. The maximum Gasteiger partial charge on any atom is 0.207 e. The minimum absolute atomic E-state index is 0.549. The van der Waals surface area contributed by atoms with Crippen LogP contribution in [0.3, 0.4) is 0 Å². The number of aromatic nitrogens is 2. The van der Waals surface area contributed by atoms with Gasteiger partial charge < -0.3 is 5.32 Å². The number of rotatable bonds is 3. The molecule has 0 aromatic carbocycles. The minimum atomic E-state index is 0.549. The normalized spacial score (nSPS) is 16.8. The van der Waals surface area contributed by atoms with Crippen molar-refractivity contribution in [2.24, 2.45) is 0 Å². The van der Waals surface area contributed by atoms with Crippen LogP contribution in [0.15, 0.2) is 18.3 Å². The van der Waals surface area contributed by atoms with Crippen LogP contribution in [0.2, 0.25) is 5.28 Å². The van der Waals surface area contributed by atoms with Gasteiger partial charge in [-0.25, -0.2) is 4.98 Å². The Bertz CT molecular complexity index is 555. The molecule has 3 rings (SSSR count). The van der Waals surface area contributed by atoms with Crippen molar-refractivity contribution < 1.29 is 0 Å². The highest BCUT2D eigenvalue weighted by Gasteiger charge is 2.16. The molecule has 1 fully saturated rings. The van der Waals surface area contributed by atoms with Gasteiger partial charge in [0.1, 0.15) is 0 Å². The fourth-order valence-electron chi connectivity index (χ4n) is 2.71. The highest BCUT2D eigenvalue weighted by Crippen LogP contribution is 2.21. The van der Waals surface area contributed by atoms with E-state index in [0.717, 1.165) is 17.8 Å². The number of hydrogen-bond acceptors (Lipinski definition) is 2. The van der Waals surface area contributed by atoms with Crippen LogP contribution in [0.25, 0.3) is 5.52 Å². The van der Waals surface area contributed by atoms with Crippen LogP contribution in [-0.2, 0) is 6.54 Å². The third-order valence-electron chi connectivity index (χ3n) is 3.75. The molecule has 1 aliphatic rings. The van der Waals surface area contributed by atoms with Gasteiger partial charge >= 0.3 is 0 Å². The van der Waals surface area contributed by atoms with Crippen molar-refractivity contribution in [3.63, 3.8) is 0 Å². The van der Waals surface area contributed by atoms with Crippen LogP contribution < -0.4 is 5.32 Å². The maximum absolute atomic E-state index is 6.15. The molecule has 4 heteroatoms. The molecular formula is C14H18ClN3. The Hall–Kier alpha value is -1.06. The predicted molar refractivity (Wildman–Crippen MR) is 74.0 cm³/mol. The molecule has 1 saturated carbocycles. The number of pyridine rings is 1. The first-order chi connectivity index (χ1) is 8.74. The number of imidazole rings is 1. The summed E-state index contributed by atoms with van der Waals surface area (Å²) in [5, 5.41) is 4.14. The SMILES string of the molecule is Cc1ccn2c(Cl)nc(CNC3CCCC3)c2c1. The van der Waals surface area contributed by atoms with Gasteiger partial charge in [0.25, 0.3) is 0 Å². The second-order valence-corrected chi connectivity index (χ2v) is 5.49. The van der Waals surface area contributed by atoms with Gasteiger partial charge in [0.2, 0.25) is 5.28 Å². The minimum Gasteiger partial charge on any atom is -0.308 e. The molecule has 0 saturated heterocycles. The van der Waals surface area contributed by atoms with Gasteiger partial charge in [0, 0.05) is 18.8 Å². The van der Waals surface area contributed by atoms with Crippen molar-refractivity contribution in [3.8, 4) is 0 Å². The van der Waals surface area contributed by atoms with Gasteiger partial charge in [-0.2, -0.15) is 0 Å². The van der Waals surface area contributed by atoms with Crippen molar-refractivity contribution in [2.45, 2.75) is 45.2 Å². The average molecular weight is 264 g/mol. The molecule has 2 heterocycles. The number of fused-ring (bicyclic) bond motifs is 1. The summed E-state index contributed by atoms with van der Waals surface area (Å²) in [6.07, 6.45) is 7.26. The summed E-state index contributed by atoms with van der Waals surface area (Å²) in [6, 6.07) is 4.85. The van der Waals surface area contributed by atoms with E-state index in [1.165, 1.54) is 31.2 Å². The van der Waals surface area contributed by atoms with Crippen molar-refractivity contribution in [1.29, 1.82) is 0 Å². The van der Waals surface area contributed by atoms with Gasteiger partial charge in [-0.3, -0.25) is 4.40 Å². The van der Waals surface area contributed by atoms with E-state index in [9.17, 15) is 0 Å². The summed E-state index contributed by atoms with van der Waals surface area (Å²) in [6.45, 7) is 2.90. The van der Waals surface area contributed by atoms with Crippen molar-refractivity contribution in [2.75, 3.05) is 0 Å². The fourth-order valence-corrected chi connectivity index (χ4v) is 2.96. The molecule has 3 nitrogen and oxygen atoms in total. The monoisotopic (exact) mass is 263 g/mol. The van der Waals surface area contributed by atoms with Gasteiger partial charge in [-0.05, 0) is 49.1 Å². The Morgan fingerprint density at radius 2 is 2.22 bits per heavy atom. The number of nitrogens with one attached hydrogen (secondary N) is 1. The lowest BCUT2D eigenvalue weighted by atomic mass is 10.2. The summed E-state index contributed by atoms with van der Waals surface area (Å²) in [5.74, 6) is 0. The quantitative estimate of drug-likeness (QED) is 0.920. The Morgan fingerprint density at radius 1 is 1.44 bits per heavy atom. The number of nitrogens with zero attached hydrogens (tertiary/aromatic N) is 2. The second-order valence-electron chi connectivity index (χ2n) is 5.15. The van der Waals surface area contributed by atoms with E-state index in [-0.39, 0.29) is 0 Å². The molecule has 18 heavy (non-hydrogen) atoms. The molecule has 2 aromatic rings. The fraction of sp³-hybridized carbons (Fsp3) is 0.500. The molecular weight excluding hydrogens is 246 g/mol. The zero-order valence-electron chi connectivity index (χ0n) is 10.6. The van der Waals surface area contributed by atoms with E-state index in [1.807, 2.05) is 10.6 Å². The molecule has 1 N–H and O–H groups in total. The van der Waals surface area contributed by atoms with Crippen LogP contribution >= 0.6 is 11.6 Å². The summed E-state index contributed by atoms with van der Waals surface area (Å²) in [4.78, 5) is 4.46. The van der Waals surface area contributed by atoms with Gasteiger partial charge in [-0.15, -0.1) is 0 Å². The van der Waals surface area contributed by atoms with Crippen LogP contribution in [0.5, 0.6) is 0 Å². The molecule has 0 radical (unpaired) electrons. The molecule has 0 amide bonds. The molecule has 0 atom stereocenters. The topological polar surface area (TPSA) is 29.3 Å². The summed E-state index contributed by atoms with van der Waals surface area (Å²) in [5.41, 5.74) is 3.40. The second kappa shape index (κ2) is 4.90. The van der Waals surface area contributed by atoms with Gasteiger partial charge in [-0.1, -0.05) is 12.8 Å². The van der Waals surface area contributed by atoms with E-state index in [0.29, 0.717) is 11.3 Å². The molecule has 2 aromatic heterocycles. The Kier molecular flexibility index (Phi) is 3.27. The maximum atomic E-state index is 6.15. The number of hydrogen-bond donors (Lipinski definition) is 1. The van der Waals surface area contributed by atoms with Crippen molar-refractivity contribution >= 4 is 17.1 Å². The number of halogens is 1. The standard InChI is InChI=1S/C14H18ClN3/c1-10-6-7-18-13(8-10)12(17-14(18)15)9-16-11-4-2-3-5-11/h6-8,11,16H,2-5,9H2,1H3. The van der Waals surface area contributed by atoms with Crippen LogP contribution in [0.1, 0.15) is 36.9 Å². The predicted octanol–water partition coefficient (Wildman–Crippen LogP) is 3.33. The Labute approximate surface area is 112 Å². The third-order valence-corrected chi connectivity index (χ3v) is 4.01. The van der Waals surface area contributed by atoms with Crippen molar-refractivity contribution in [1.82, 2.24) is 14.7 Å². The Balaban J connectivity index is 1.84. The molecule has 0 bridgehead atoms. The van der Waals surface area contributed by atoms with E-state index < -0.39 is 0 Å².